The SMILES string of the molecule is CNC(=O)c1ccc(-c2cc(Cl)c(O)cc2C)cc1. The highest BCUT2D eigenvalue weighted by Crippen LogP contribution is 2.32. The van der Waals surface area contributed by atoms with Crippen LogP contribution in [0.5, 0.6) is 5.75 Å². The zero-order chi connectivity index (χ0) is 14.0. The van der Waals surface area contributed by atoms with Gasteiger partial charge in [-0.1, -0.05) is 23.7 Å². The van der Waals surface area contributed by atoms with Crippen molar-refractivity contribution in [1.82, 2.24) is 5.32 Å². The Morgan fingerprint density at radius 3 is 2.42 bits per heavy atom. The Morgan fingerprint density at radius 2 is 1.84 bits per heavy atom. The fourth-order valence-electron chi connectivity index (χ4n) is 1.92. The Morgan fingerprint density at radius 1 is 1.21 bits per heavy atom. The van der Waals surface area contributed by atoms with E-state index in [0.29, 0.717) is 10.6 Å². The maximum Gasteiger partial charge on any atom is 0.251 e. The fraction of sp³-hybridized carbons (Fsp3) is 0.133. The normalized spacial score (nSPS) is 10.3. The summed E-state index contributed by atoms with van der Waals surface area (Å²) >= 11 is 5.93. The molecule has 19 heavy (non-hydrogen) atoms. The molecule has 98 valence electrons. The van der Waals surface area contributed by atoms with Gasteiger partial charge in [-0.25, -0.2) is 0 Å². The zero-order valence-corrected chi connectivity index (χ0v) is 11.5. The number of hydrogen-bond donors (Lipinski definition) is 2. The Kier molecular flexibility index (Phi) is 3.76. The van der Waals surface area contributed by atoms with Crippen molar-refractivity contribution in [2.24, 2.45) is 0 Å². The Hall–Kier alpha value is -2.00. The first kappa shape index (κ1) is 13.4. The molecule has 0 aliphatic heterocycles. The van der Waals surface area contributed by atoms with Gasteiger partial charge in [0.15, 0.2) is 0 Å². The van der Waals surface area contributed by atoms with Gasteiger partial charge < -0.3 is 10.4 Å². The van der Waals surface area contributed by atoms with Crippen molar-refractivity contribution in [3.63, 3.8) is 0 Å². The van der Waals surface area contributed by atoms with Crippen molar-refractivity contribution in [3.8, 4) is 16.9 Å². The molecule has 1 amide bonds. The molecule has 2 rings (SSSR count). The van der Waals surface area contributed by atoms with E-state index in [4.69, 9.17) is 11.6 Å². The summed E-state index contributed by atoms with van der Waals surface area (Å²) < 4.78 is 0. The van der Waals surface area contributed by atoms with Crippen LogP contribution < -0.4 is 5.32 Å². The monoisotopic (exact) mass is 275 g/mol. The number of phenolic OH excluding ortho intramolecular Hbond substituents is 1. The highest BCUT2D eigenvalue weighted by Gasteiger charge is 2.08. The predicted octanol–water partition coefficient (Wildman–Crippen LogP) is 3.38. The minimum absolute atomic E-state index is 0.0740. The summed E-state index contributed by atoms with van der Waals surface area (Å²) in [5.41, 5.74) is 3.42. The molecule has 0 radical (unpaired) electrons. The highest BCUT2D eigenvalue weighted by atomic mass is 35.5. The third-order valence-corrected chi connectivity index (χ3v) is 3.28. The molecule has 0 saturated carbocycles. The number of phenols is 1. The highest BCUT2D eigenvalue weighted by molar-refractivity contribution is 6.32. The van der Waals surface area contributed by atoms with Crippen LogP contribution in [0.3, 0.4) is 0 Å². The van der Waals surface area contributed by atoms with Crippen molar-refractivity contribution in [2.75, 3.05) is 7.05 Å². The van der Waals surface area contributed by atoms with Crippen LogP contribution in [-0.2, 0) is 0 Å². The molecular formula is C15H14ClNO2. The van der Waals surface area contributed by atoms with E-state index >= 15 is 0 Å². The lowest BCUT2D eigenvalue weighted by molar-refractivity contribution is 0.0963. The van der Waals surface area contributed by atoms with Gasteiger partial charge in [0, 0.05) is 12.6 Å². The number of amides is 1. The first-order chi connectivity index (χ1) is 9.02. The molecule has 0 bridgehead atoms. The average Bonchev–Trinajstić information content (AvgIpc) is 2.42. The number of carbonyl (C=O) groups excluding carboxylic acids is 1. The predicted molar refractivity (Wildman–Crippen MR) is 76.7 cm³/mol. The number of aryl methyl sites for hydroxylation is 1. The minimum Gasteiger partial charge on any atom is -0.506 e. The van der Waals surface area contributed by atoms with E-state index in [1.165, 1.54) is 0 Å². The summed E-state index contributed by atoms with van der Waals surface area (Å²) in [5, 5.41) is 12.4. The Bertz CT molecular complexity index is 621. The van der Waals surface area contributed by atoms with E-state index in [9.17, 15) is 9.90 Å². The summed E-state index contributed by atoms with van der Waals surface area (Å²) in [5.74, 6) is -0.0445. The van der Waals surface area contributed by atoms with Gasteiger partial charge in [-0.2, -0.15) is 0 Å². The first-order valence-electron chi connectivity index (χ1n) is 5.84. The van der Waals surface area contributed by atoms with Crippen LogP contribution in [0.1, 0.15) is 15.9 Å². The van der Waals surface area contributed by atoms with Gasteiger partial charge in [0.05, 0.1) is 5.02 Å². The maximum absolute atomic E-state index is 11.5. The summed E-state index contributed by atoms with van der Waals surface area (Å²) in [6.07, 6.45) is 0. The summed E-state index contributed by atoms with van der Waals surface area (Å²) in [4.78, 5) is 11.5. The van der Waals surface area contributed by atoms with Gasteiger partial charge >= 0.3 is 0 Å². The van der Waals surface area contributed by atoms with E-state index < -0.39 is 0 Å². The lowest BCUT2D eigenvalue weighted by atomic mass is 9.99. The van der Waals surface area contributed by atoms with Crippen molar-refractivity contribution in [3.05, 3.63) is 52.5 Å². The van der Waals surface area contributed by atoms with Crippen LogP contribution in [0.25, 0.3) is 11.1 Å². The molecule has 0 aliphatic carbocycles. The molecular weight excluding hydrogens is 262 g/mol. The number of hydrogen-bond acceptors (Lipinski definition) is 2. The topological polar surface area (TPSA) is 49.3 Å². The second kappa shape index (κ2) is 5.33. The van der Waals surface area contributed by atoms with Gasteiger partial charge in [-0.3, -0.25) is 4.79 Å². The van der Waals surface area contributed by atoms with Crippen molar-refractivity contribution in [2.45, 2.75) is 6.92 Å². The molecule has 0 fully saturated rings. The molecule has 2 aromatic rings. The van der Waals surface area contributed by atoms with Crippen molar-refractivity contribution >= 4 is 17.5 Å². The van der Waals surface area contributed by atoms with Crippen molar-refractivity contribution < 1.29 is 9.90 Å². The van der Waals surface area contributed by atoms with Crippen LogP contribution in [-0.4, -0.2) is 18.1 Å². The summed E-state index contributed by atoms with van der Waals surface area (Å²) in [6.45, 7) is 1.90. The molecule has 0 aliphatic rings. The fourth-order valence-corrected chi connectivity index (χ4v) is 2.09. The number of aromatic hydroxyl groups is 1. The second-order valence-corrected chi connectivity index (χ2v) is 4.68. The Balaban J connectivity index is 2.43. The first-order valence-corrected chi connectivity index (χ1v) is 6.22. The van der Waals surface area contributed by atoms with Crippen LogP contribution in [0.4, 0.5) is 0 Å². The smallest absolute Gasteiger partial charge is 0.251 e. The van der Waals surface area contributed by atoms with E-state index in [1.807, 2.05) is 19.1 Å². The maximum atomic E-state index is 11.5. The van der Waals surface area contributed by atoms with E-state index in [2.05, 4.69) is 5.32 Å². The molecule has 2 aromatic carbocycles. The van der Waals surface area contributed by atoms with Gasteiger partial charge in [-0.05, 0) is 47.9 Å². The molecule has 2 N–H and O–H groups in total. The van der Waals surface area contributed by atoms with E-state index in [1.54, 1.807) is 31.3 Å². The number of benzene rings is 2. The molecule has 0 atom stereocenters. The molecule has 0 saturated heterocycles. The molecule has 0 unspecified atom stereocenters. The van der Waals surface area contributed by atoms with Gasteiger partial charge in [0.1, 0.15) is 5.75 Å². The summed E-state index contributed by atoms with van der Waals surface area (Å²) in [7, 11) is 1.60. The number of halogens is 1. The lowest BCUT2D eigenvalue weighted by Crippen LogP contribution is -2.17. The van der Waals surface area contributed by atoms with E-state index in [0.717, 1.165) is 16.7 Å². The third kappa shape index (κ3) is 2.71. The number of nitrogens with one attached hydrogen (secondary N) is 1. The molecule has 3 nitrogen and oxygen atoms in total. The van der Waals surface area contributed by atoms with Gasteiger partial charge in [0.2, 0.25) is 0 Å². The molecule has 0 spiro atoms. The molecule has 0 aromatic heterocycles. The quantitative estimate of drug-likeness (QED) is 0.883. The van der Waals surface area contributed by atoms with Gasteiger partial charge in [0.25, 0.3) is 5.91 Å². The van der Waals surface area contributed by atoms with Gasteiger partial charge in [-0.15, -0.1) is 0 Å². The van der Waals surface area contributed by atoms with E-state index in [-0.39, 0.29) is 11.7 Å². The lowest BCUT2D eigenvalue weighted by Gasteiger charge is -2.09. The minimum atomic E-state index is -0.119. The van der Waals surface area contributed by atoms with Crippen LogP contribution in [0.15, 0.2) is 36.4 Å². The second-order valence-electron chi connectivity index (χ2n) is 4.28. The number of carbonyl (C=O) groups is 1. The number of rotatable bonds is 2. The average molecular weight is 276 g/mol. The summed E-state index contributed by atoms with van der Waals surface area (Å²) in [6, 6.07) is 10.6. The van der Waals surface area contributed by atoms with Crippen LogP contribution in [0.2, 0.25) is 5.02 Å². The van der Waals surface area contributed by atoms with Crippen LogP contribution >= 0.6 is 11.6 Å². The molecule has 4 heteroatoms. The van der Waals surface area contributed by atoms with Crippen molar-refractivity contribution in [1.29, 1.82) is 0 Å². The zero-order valence-electron chi connectivity index (χ0n) is 10.7. The standard InChI is InChI=1S/C15H14ClNO2/c1-9-7-14(18)13(16)8-12(9)10-3-5-11(6-4-10)15(19)17-2/h3-8,18H,1-2H3,(H,17,19). The van der Waals surface area contributed by atoms with Crippen LogP contribution in [0, 0.1) is 6.92 Å². The molecule has 0 heterocycles. The Labute approximate surface area is 116 Å². The third-order valence-electron chi connectivity index (χ3n) is 2.98. The largest absolute Gasteiger partial charge is 0.506 e.